The van der Waals surface area contributed by atoms with Crippen molar-refractivity contribution < 1.29 is 19.0 Å². The predicted octanol–water partition coefficient (Wildman–Crippen LogP) is 7.05. The lowest BCUT2D eigenvalue weighted by atomic mass is 9.75. The van der Waals surface area contributed by atoms with Crippen LogP contribution in [0.15, 0.2) is 95.5 Å². The molecule has 0 radical (unpaired) electrons. The third-order valence-electron chi connectivity index (χ3n) is 6.42. The van der Waals surface area contributed by atoms with E-state index in [2.05, 4.69) is 78.0 Å². The summed E-state index contributed by atoms with van der Waals surface area (Å²) in [6.07, 6.45) is 0.477. The molecule has 0 saturated carbocycles. The Bertz CT molecular complexity index is 1140. The molecule has 4 rings (SSSR count). The van der Waals surface area contributed by atoms with Crippen molar-refractivity contribution in [2.24, 2.45) is 5.92 Å². The van der Waals surface area contributed by atoms with E-state index in [1.807, 2.05) is 30.3 Å². The van der Waals surface area contributed by atoms with Crippen LogP contribution in [0.3, 0.4) is 0 Å². The Kier molecular flexibility index (Phi) is 8.42. The molecule has 4 nitrogen and oxygen atoms in total. The zero-order valence-corrected chi connectivity index (χ0v) is 21.7. The Morgan fingerprint density at radius 3 is 2.37 bits per heavy atom. The minimum absolute atomic E-state index is 0.0391. The van der Waals surface area contributed by atoms with Crippen LogP contribution in [-0.2, 0) is 20.7 Å². The van der Waals surface area contributed by atoms with Gasteiger partial charge in [0.15, 0.2) is 6.61 Å². The van der Waals surface area contributed by atoms with Crippen molar-refractivity contribution in [3.05, 3.63) is 112 Å². The fourth-order valence-corrected chi connectivity index (χ4v) is 5.19. The highest BCUT2D eigenvalue weighted by Gasteiger charge is 2.46. The van der Waals surface area contributed by atoms with Crippen molar-refractivity contribution in [1.29, 1.82) is 0 Å². The number of hydrogen-bond acceptors (Lipinski definition) is 4. The fraction of sp³-hybridized carbons (Fsp3) is 0.300. The lowest BCUT2D eigenvalue weighted by Gasteiger charge is -2.26. The molecule has 1 aliphatic rings. The SMILES string of the molecule is C=C(C)[C@H]1[C@H](c2ccc(Br)cc2)[C@H](Cc2ccccc2)O[C@@H]1c1ccccc1OCC(=O)OCC. The number of esters is 1. The van der Waals surface area contributed by atoms with E-state index in [9.17, 15) is 4.79 Å². The summed E-state index contributed by atoms with van der Waals surface area (Å²) in [6.45, 7) is 8.41. The maximum atomic E-state index is 11.9. The van der Waals surface area contributed by atoms with E-state index in [-0.39, 0.29) is 36.6 Å². The number of para-hydroxylation sites is 1. The zero-order valence-electron chi connectivity index (χ0n) is 20.2. The number of benzene rings is 3. The van der Waals surface area contributed by atoms with E-state index < -0.39 is 0 Å². The summed E-state index contributed by atoms with van der Waals surface area (Å²) in [6, 6.07) is 26.7. The van der Waals surface area contributed by atoms with Crippen LogP contribution < -0.4 is 4.74 Å². The minimum atomic E-state index is -0.388. The second-order valence-electron chi connectivity index (χ2n) is 8.87. The molecule has 0 amide bonds. The highest BCUT2D eigenvalue weighted by Crippen LogP contribution is 2.53. The van der Waals surface area contributed by atoms with Crippen molar-refractivity contribution >= 4 is 21.9 Å². The Balaban J connectivity index is 1.71. The third kappa shape index (κ3) is 6.03. The van der Waals surface area contributed by atoms with Crippen LogP contribution in [0.25, 0.3) is 0 Å². The first-order chi connectivity index (χ1) is 17.0. The van der Waals surface area contributed by atoms with Crippen LogP contribution in [-0.4, -0.2) is 25.3 Å². The van der Waals surface area contributed by atoms with Gasteiger partial charge >= 0.3 is 5.97 Å². The van der Waals surface area contributed by atoms with E-state index in [1.54, 1.807) is 6.92 Å². The van der Waals surface area contributed by atoms with Crippen molar-refractivity contribution in [1.82, 2.24) is 0 Å². The Morgan fingerprint density at radius 1 is 1.00 bits per heavy atom. The molecule has 1 fully saturated rings. The molecular weight excluding hydrogens is 504 g/mol. The molecule has 3 aromatic rings. The van der Waals surface area contributed by atoms with Crippen LogP contribution in [0.5, 0.6) is 5.75 Å². The van der Waals surface area contributed by atoms with Gasteiger partial charge in [-0.2, -0.15) is 0 Å². The summed E-state index contributed by atoms with van der Waals surface area (Å²) in [5, 5.41) is 0. The molecule has 4 atom stereocenters. The average Bonchev–Trinajstić information content (AvgIpc) is 3.23. The molecule has 0 bridgehead atoms. The molecule has 3 aromatic carbocycles. The van der Waals surface area contributed by atoms with Crippen LogP contribution in [0.2, 0.25) is 0 Å². The minimum Gasteiger partial charge on any atom is -0.482 e. The second kappa shape index (κ2) is 11.7. The zero-order chi connectivity index (χ0) is 24.8. The molecule has 1 saturated heterocycles. The summed E-state index contributed by atoms with van der Waals surface area (Å²) in [5.74, 6) is 0.397. The van der Waals surface area contributed by atoms with E-state index in [0.29, 0.717) is 12.4 Å². The summed E-state index contributed by atoms with van der Waals surface area (Å²) < 4.78 is 18.8. The van der Waals surface area contributed by atoms with Gasteiger partial charge in [0.05, 0.1) is 18.8 Å². The van der Waals surface area contributed by atoms with Gasteiger partial charge in [-0.25, -0.2) is 4.79 Å². The van der Waals surface area contributed by atoms with E-state index >= 15 is 0 Å². The second-order valence-corrected chi connectivity index (χ2v) is 9.78. The van der Waals surface area contributed by atoms with Gasteiger partial charge in [0.2, 0.25) is 0 Å². The van der Waals surface area contributed by atoms with Crippen molar-refractivity contribution in [2.75, 3.05) is 13.2 Å². The summed E-state index contributed by atoms with van der Waals surface area (Å²) in [7, 11) is 0. The van der Waals surface area contributed by atoms with Gasteiger partial charge < -0.3 is 14.2 Å². The lowest BCUT2D eigenvalue weighted by Crippen LogP contribution is -2.21. The number of carbonyl (C=O) groups excluding carboxylic acids is 1. The smallest absolute Gasteiger partial charge is 0.344 e. The third-order valence-corrected chi connectivity index (χ3v) is 6.94. The largest absolute Gasteiger partial charge is 0.482 e. The maximum absolute atomic E-state index is 11.9. The fourth-order valence-electron chi connectivity index (χ4n) is 4.92. The topological polar surface area (TPSA) is 44.8 Å². The van der Waals surface area contributed by atoms with Crippen LogP contribution in [0, 0.1) is 5.92 Å². The van der Waals surface area contributed by atoms with Crippen LogP contribution in [0.4, 0.5) is 0 Å². The molecule has 0 unspecified atom stereocenters. The molecule has 0 aliphatic carbocycles. The molecule has 0 N–H and O–H groups in total. The molecule has 0 aromatic heterocycles. The summed E-state index contributed by atoms with van der Waals surface area (Å²) in [4.78, 5) is 11.9. The van der Waals surface area contributed by atoms with E-state index in [0.717, 1.165) is 22.0 Å². The van der Waals surface area contributed by atoms with Crippen molar-refractivity contribution in [3.8, 4) is 5.75 Å². The van der Waals surface area contributed by atoms with Gasteiger partial charge in [-0.15, -0.1) is 0 Å². The number of rotatable bonds is 9. The molecule has 1 heterocycles. The first-order valence-corrected chi connectivity index (χ1v) is 12.7. The Labute approximate surface area is 216 Å². The number of carbonyl (C=O) groups is 1. The molecule has 0 spiro atoms. The predicted molar refractivity (Wildman–Crippen MR) is 142 cm³/mol. The highest BCUT2D eigenvalue weighted by molar-refractivity contribution is 9.10. The standard InChI is InChI=1S/C30H31BrO4/c1-4-33-27(32)19-34-25-13-9-8-12-24(25)30-28(20(2)3)29(22-14-16-23(31)17-15-22)26(35-30)18-21-10-6-5-7-11-21/h5-17,26,28-30H,2,4,18-19H2,1,3H3/t26-,28-,29+,30+/m0/s1. The van der Waals surface area contributed by atoms with Gasteiger partial charge in [0.25, 0.3) is 0 Å². The van der Waals surface area contributed by atoms with Gasteiger partial charge in [-0.3, -0.25) is 0 Å². The van der Waals surface area contributed by atoms with E-state index in [1.165, 1.54) is 11.1 Å². The number of halogens is 1. The normalized spacial score (nSPS) is 21.5. The molecule has 35 heavy (non-hydrogen) atoms. The highest BCUT2D eigenvalue weighted by atomic mass is 79.9. The lowest BCUT2D eigenvalue weighted by molar-refractivity contribution is -0.145. The Morgan fingerprint density at radius 2 is 1.69 bits per heavy atom. The first-order valence-electron chi connectivity index (χ1n) is 12.0. The molecule has 1 aliphatic heterocycles. The molecule has 182 valence electrons. The van der Waals surface area contributed by atoms with E-state index in [4.69, 9.17) is 14.2 Å². The van der Waals surface area contributed by atoms with Crippen molar-refractivity contribution in [3.63, 3.8) is 0 Å². The van der Waals surface area contributed by atoms with Crippen LogP contribution >= 0.6 is 15.9 Å². The van der Waals surface area contributed by atoms with Crippen molar-refractivity contribution in [2.45, 2.75) is 38.4 Å². The molecule has 5 heteroatoms. The van der Waals surface area contributed by atoms with Gasteiger partial charge in [0, 0.05) is 21.9 Å². The number of hydrogen-bond donors (Lipinski definition) is 0. The van der Waals surface area contributed by atoms with Gasteiger partial charge in [-0.05, 0) is 49.6 Å². The summed E-state index contributed by atoms with van der Waals surface area (Å²) >= 11 is 3.56. The number of ether oxygens (including phenoxy) is 3. The van der Waals surface area contributed by atoms with Crippen LogP contribution in [0.1, 0.15) is 42.6 Å². The van der Waals surface area contributed by atoms with Gasteiger partial charge in [-0.1, -0.05) is 88.7 Å². The van der Waals surface area contributed by atoms with Gasteiger partial charge in [0.1, 0.15) is 5.75 Å². The summed E-state index contributed by atoms with van der Waals surface area (Å²) in [5.41, 5.74) is 4.42. The molecular formula is C30H31BrO4. The monoisotopic (exact) mass is 534 g/mol. The Hall–Kier alpha value is -2.89. The average molecular weight is 535 g/mol. The first kappa shape index (κ1) is 25.2. The quantitative estimate of drug-likeness (QED) is 0.218. The maximum Gasteiger partial charge on any atom is 0.344 e.